The maximum atomic E-state index is 10.4. The second kappa shape index (κ2) is 3.92. The predicted molar refractivity (Wildman–Crippen MR) is 42.8 cm³/mol. The molecule has 66 valence electrons. The lowest BCUT2D eigenvalue weighted by Gasteiger charge is -2.07. The highest BCUT2D eigenvalue weighted by molar-refractivity contribution is 5.67. The Kier molecular flexibility index (Phi) is 2.88. The first-order chi connectivity index (χ1) is 5.74. The van der Waals surface area contributed by atoms with Crippen molar-refractivity contribution in [3.05, 3.63) is 24.2 Å². The van der Waals surface area contributed by atoms with Gasteiger partial charge in [0.25, 0.3) is 0 Å². The molecule has 0 radical (unpaired) electrons. The third-order valence-electron chi connectivity index (χ3n) is 1.65. The average Bonchev–Trinajstić information content (AvgIpc) is 2.51. The third kappa shape index (κ3) is 2.10. The number of carbonyl (C=O) groups is 1. The fraction of sp³-hybridized carbons (Fsp3) is 0.375. The fourth-order valence-corrected chi connectivity index (χ4v) is 1.03. The van der Waals surface area contributed by atoms with Gasteiger partial charge in [0.2, 0.25) is 0 Å². The number of furan rings is 1. The van der Waals surface area contributed by atoms with Gasteiger partial charge in [0.15, 0.2) is 0 Å². The van der Waals surface area contributed by atoms with Crippen LogP contribution in [0.3, 0.4) is 0 Å². The Labute approximate surface area is 70.0 Å². The molecule has 1 atom stereocenters. The average molecular weight is 169 g/mol. The number of nitrogens with two attached hydrogens (primary N) is 1. The molecule has 0 fully saturated rings. The minimum atomic E-state index is -0.859. The van der Waals surface area contributed by atoms with Crippen LogP contribution in [-0.4, -0.2) is 17.6 Å². The molecule has 4 nitrogen and oxygen atoms in total. The molecule has 0 aliphatic heterocycles. The Morgan fingerprint density at radius 3 is 2.92 bits per heavy atom. The molecule has 0 saturated carbocycles. The number of carboxylic acid groups (broad SMARTS) is 1. The van der Waals surface area contributed by atoms with Gasteiger partial charge in [-0.1, -0.05) is 0 Å². The van der Waals surface area contributed by atoms with E-state index in [1.807, 2.05) is 0 Å². The van der Waals surface area contributed by atoms with Crippen molar-refractivity contribution >= 4 is 5.97 Å². The van der Waals surface area contributed by atoms with Crippen LogP contribution in [0.15, 0.2) is 22.8 Å². The molecule has 0 saturated heterocycles. The first-order valence-corrected chi connectivity index (χ1v) is 3.69. The predicted octanol–water partition coefficient (Wildman–Crippen LogP) is 0.797. The molecule has 1 aromatic heterocycles. The molecule has 0 aliphatic rings. The second-order valence-corrected chi connectivity index (χ2v) is 2.55. The molecule has 0 spiro atoms. The van der Waals surface area contributed by atoms with Gasteiger partial charge in [0.05, 0.1) is 12.7 Å². The van der Waals surface area contributed by atoms with Crippen LogP contribution in [0.25, 0.3) is 0 Å². The monoisotopic (exact) mass is 169 g/mol. The third-order valence-corrected chi connectivity index (χ3v) is 1.65. The Bertz CT molecular complexity index is 243. The fourth-order valence-electron chi connectivity index (χ4n) is 1.03. The van der Waals surface area contributed by atoms with Crippen LogP contribution in [0.5, 0.6) is 0 Å². The number of carboxylic acids is 1. The summed E-state index contributed by atoms with van der Waals surface area (Å²) in [6, 6.07) is 3.46. The van der Waals surface area contributed by atoms with E-state index in [1.165, 1.54) is 6.26 Å². The molecule has 0 amide bonds. The molecule has 1 heterocycles. The molecule has 4 heteroatoms. The number of rotatable bonds is 4. The largest absolute Gasteiger partial charge is 0.481 e. The summed E-state index contributed by atoms with van der Waals surface area (Å²) >= 11 is 0. The topological polar surface area (TPSA) is 76.5 Å². The molecule has 3 N–H and O–H groups in total. The van der Waals surface area contributed by atoms with E-state index in [4.69, 9.17) is 15.3 Å². The van der Waals surface area contributed by atoms with Gasteiger partial charge in [-0.25, -0.2) is 0 Å². The van der Waals surface area contributed by atoms with E-state index in [0.717, 1.165) is 0 Å². The van der Waals surface area contributed by atoms with Crippen molar-refractivity contribution in [3.63, 3.8) is 0 Å². The standard InChI is InChI=1S/C8H11NO3/c9-5-6(4-8(10)11)7-2-1-3-12-7/h1-3,6H,4-5,9H2,(H,10,11)/t6-/m0/s1. The van der Waals surface area contributed by atoms with Gasteiger partial charge < -0.3 is 15.3 Å². The normalized spacial score (nSPS) is 12.8. The Morgan fingerprint density at radius 2 is 2.50 bits per heavy atom. The molecular formula is C8H11NO3. The SMILES string of the molecule is NC[C@H](CC(=O)O)c1ccco1. The van der Waals surface area contributed by atoms with Crippen LogP contribution in [0, 0.1) is 0 Å². The van der Waals surface area contributed by atoms with Crippen molar-refractivity contribution in [2.75, 3.05) is 6.54 Å². The van der Waals surface area contributed by atoms with Crippen LogP contribution in [0.2, 0.25) is 0 Å². The van der Waals surface area contributed by atoms with Crippen LogP contribution in [-0.2, 0) is 4.79 Å². The smallest absolute Gasteiger partial charge is 0.304 e. The van der Waals surface area contributed by atoms with E-state index in [0.29, 0.717) is 12.3 Å². The highest BCUT2D eigenvalue weighted by Crippen LogP contribution is 2.18. The number of aliphatic carboxylic acids is 1. The van der Waals surface area contributed by atoms with Crippen molar-refractivity contribution in [2.45, 2.75) is 12.3 Å². The van der Waals surface area contributed by atoms with Crippen LogP contribution < -0.4 is 5.73 Å². The van der Waals surface area contributed by atoms with Crippen LogP contribution in [0.4, 0.5) is 0 Å². The van der Waals surface area contributed by atoms with Crippen molar-refractivity contribution in [2.24, 2.45) is 5.73 Å². The minimum absolute atomic E-state index is 0.0179. The zero-order valence-electron chi connectivity index (χ0n) is 6.56. The summed E-state index contributed by atoms with van der Waals surface area (Å²) in [5, 5.41) is 8.52. The Balaban J connectivity index is 2.63. The lowest BCUT2D eigenvalue weighted by Crippen LogP contribution is -2.15. The van der Waals surface area contributed by atoms with Gasteiger partial charge in [-0.05, 0) is 12.1 Å². The van der Waals surface area contributed by atoms with E-state index in [1.54, 1.807) is 12.1 Å². The van der Waals surface area contributed by atoms with Crippen molar-refractivity contribution in [1.82, 2.24) is 0 Å². The maximum Gasteiger partial charge on any atom is 0.304 e. The molecule has 0 unspecified atom stereocenters. The van der Waals surface area contributed by atoms with Crippen molar-refractivity contribution in [1.29, 1.82) is 0 Å². The van der Waals surface area contributed by atoms with Gasteiger partial charge in [-0.2, -0.15) is 0 Å². The van der Waals surface area contributed by atoms with Gasteiger partial charge in [0, 0.05) is 12.5 Å². The van der Waals surface area contributed by atoms with Crippen molar-refractivity contribution < 1.29 is 14.3 Å². The van der Waals surface area contributed by atoms with E-state index in [9.17, 15) is 4.79 Å². The molecule has 0 aromatic carbocycles. The molecular weight excluding hydrogens is 158 g/mol. The van der Waals surface area contributed by atoms with Gasteiger partial charge in [-0.3, -0.25) is 4.79 Å². The molecule has 0 aliphatic carbocycles. The van der Waals surface area contributed by atoms with Gasteiger partial charge in [-0.15, -0.1) is 0 Å². The summed E-state index contributed by atoms with van der Waals surface area (Å²) in [5.41, 5.74) is 5.39. The first-order valence-electron chi connectivity index (χ1n) is 3.69. The molecule has 1 aromatic rings. The van der Waals surface area contributed by atoms with E-state index >= 15 is 0 Å². The molecule has 0 bridgehead atoms. The minimum Gasteiger partial charge on any atom is -0.481 e. The second-order valence-electron chi connectivity index (χ2n) is 2.55. The maximum absolute atomic E-state index is 10.4. The van der Waals surface area contributed by atoms with Gasteiger partial charge in [0.1, 0.15) is 5.76 Å². The first kappa shape index (κ1) is 8.80. The van der Waals surface area contributed by atoms with E-state index in [2.05, 4.69) is 0 Å². The lowest BCUT2D eigenvalue weighted by atomic mass is 10.0. The summed E-state index contributed by atoms with van der Waals surface area (Å²) in [6.07, 6.45) is 1.53. The summed E-state index contributed by atoms with van der Waals surface area (Å²) in [7, 11) is 0. The molecule has 1 rings (SSSR count). The Hall–Kier alpha value is -1.29. The van der Waals surface area contributed by atoms with E-state index < -0.39 is 5.97 Å². The lowest BCUT2D eigenvalue weighted by molar-refractivity contribution is -0.137. The summed E-state index contributed by atoms with van der Waals surface area (Å²) in [5.74, 6) is -0.431. The highest BCUT2D eigenvalue weighted by Gasteiger charge is 2.15. The summed E-state index contributed by atoms with van der Waals surface area (Å²) in [4.78, 5) is 10.4. The zero-order valence-corrected chi connectivity index (χ0v) is 6.56. The van der Waals surface area contributed by atoms with Crippen molar-refractivity contribution in [3.8, 4) is 0 Å². The molecule has 12 heavy (non-hydrogen) atoms. The number of hydrogen-bond donors (Lipinski definition) is 2. The highest BCUT2D eigenvalue weighted by atomic mass is 16.4. The quantitative estimate of drug-likeness (QED) is 0.698. The zero-order chi connectivity index (χ0) is 8.97. The van der Waals surface area contributed by atoms with Gasteiger partial charge >= 0.3 is 5.97 Å². The van der Waals surface area contributed by atoms with Crippen LogP contribution >= 0.6 is 0 Å². The van der Waals surface area contributed by atoms with Crippen LogP contribution in [0.1, 0.15) is 18.1 Å². The number of hydrogen-bond acceptors (Lipinski definition) is 3. The van der Waals surface area contributed by atoms with E-state index in [-0.39, 0.29) is 12.3 Å². The summed E-state index contributed by atoms with van der Waals surface area (Å²) < 4.78 is 5.04. The summed E-state index contributed by atoms with van der Waals surface area (Å²) in [6.45, 7) is 0.291. The Morgan fingerprint density at radius 1 is 1.75 bits per heavy atom.